The van der Waals surface area contributed by atoms with Gasteiger partial charge in [0.15, 0.2) is 0 Å². The second-order valence-corrected chi connectivity index (χ2v) is 6.98. The standard InChI is InChI=1S/C13H11BrClNO3S/c1-9-2-4-11(5-3-9)20(17,18)19-8-10-6-13(15)16-7-12(10)14/h2-7H,8H2,1H3. The summed E-state index contributed by atoms with van der Waals surface area (Å²) in [7, 11) is -3.79. The van der Waals surface area contributed by atoms with Gasteiger partial charge in [0.25, 0.3) is 10.1 Å². The third-order valence-corrected chi connectivity index (χ3v) is 4.78. The maximum atomic E-state index is 12.0. The van der Waals surface area contributed by atoms with E-state index in [0.29, 0.717) is 10.0 Å². The van der Waals surface area contributed by atoms with Crippen LogP contribution in [0, 0.1) is 6.92 Å². The number of halogens is 2. The molecule has 0 saturated heterocycles. The minimum atomic E-state index is -3.79. The van der Waals surface area contributed by atoms with Gasteiger partial charge in [0.2, 0.25) is 0 Å². The predicted molar refractivity (Wildman–Crippen MR) is 80.1 cm³/mol. The molecule has 2 aromatic rings. The molecule has 7 heteroatoms. The summed E-state index contributed by atoms with van der Waals surface area (Å²) in [5, 5.41) is 0.277. The first-order valence-corrected chi connectivity index (χ1v) is 8.22. The normalized spacial score (nSPS) is 11.6. The van der Waals surface area contributed by atoms with Crippen LogP contribution in [0.5, 0.6) is 0 Å². The Morgan fingerprint density at radius 3 is 2.60 bits per heavy atom. The van der Waals surface area contributed by atoms with E-state index in [0.717, 1.165) is 5.56 Å². The summed E-state index contributed by atoms with van der Waals surface area (Å²) in [4.78, 5) is 3.99. The van der Waals surface area contributed by atoms with Crippen LogP contribution in [0.4, 0.5) is 0 Å². The van der Waals surface area contributed by atoms with Crippen LogP contribution in [0.1, 0.15) is 11.1 Å². The maximum Gasteiger partial charge on any atom is 0.297 e. The molecule has 20 heavy (non-hydrogen) atoms. The van der Waals surface area contributed by atoms with Crippen molar-refractivity contribution in [2.45, 2.75) is 18.4 Å². The number of nitrogens with zero attached hydrogens (tertiary/aromatic N) is 1. The number of aromatic nitrogens is 1. The molecule has 1 aromatic heterocycles. The van der Waals surface area contributed by atoms with Crippen LogP contribution in [0.25, 0.3) is 0 Å². The van der Waals surface area contributed by atoms with Crippen LogP contribution in [0.3, 0.4) is 0 Å². The van der Waals surface area contributed by atoms with Crippen LogP contribution in [-0.2, 0) is 20.9 Å². The molecule has 0 amide bonds. The molecular weight excluding hydrogens is 366 g/mol. The van der Waals surface area contributed by atoms with Gasteiger partial charge in [-0.15, -0.1) is 0 Å². The fourth-order valence-corrected chi connectivity index (χ4v) is 2.88. The van der Waals surface area contributed by atoms with Crippen molar-refractivity contribution >= 4 is 37.6 Å². The first kappa shape index (κ1) is 15.4. The van der Waals surface area contributed by atoms with Crippen molar-refractivity contribution in [1.82, 2.24) is 4.98 Å². The molecule has 0 bridgehead atoms. The van der Waals surface area contributed by atoms with Gasteiger partial charge >= 0.3 is 0 Å². The van der Waals surface area contributed by atoms with Crippen molar-refractivity contribution in [3.05, 3.63) is 57.3 Å². The number of pyridine rings is 1. The zero-order valence-corrected chi connectivity index (χ0v) is 13.7. The summed E-state index contributed by atoms with van der Waals surface area (Å²) in [5.74, 6) is 0. The highest BCUT2D eigenvalue weighted by molar-refractivity contribution is 9.10. The summed E-state index contributed by atoms with van der Waals surface area (Å²) in [5.41, 5.74) is 1.59. The third kappa shape index (κ3) is 3.79. The van der Waals surface area contributed by atoms with Gasteiger partial charge in [-0.1, -0.05) is 29.3 Å². The topological polar surface area (TPSA) is 56.3 Å². The van der Waals surface area contributed by atoms with Gasteiger partial charge in [-0.05, 0) is 46.6 Å². The molecule has 0 radical (unpaired) electrons. The summed E-state index contributed by atoms with van der Waals surface area (Å²) in [6.45, 7) is 1.77. The van der Waals surface area contributed by atoms with Gasteiger partial charge < -0.3 is 0 Å². The average molecular weight is 377 g/mol. The van der Waals surface area contributed by atoms with E-state index in [2.05, 4.69) is 20.9 Å². The molecule has 0 N–H and O–H groups in total. The summed E-state index contributed by atoms with van der Waals surface area (Å²) in [6, 6.07) is 8.01. The fraction of sp³-hybridized carbons (Fsp3) is 0.154. The second-order valence-electron chi connectivity index (χ2n) is 4.13. The van der Waals surface area contributed by atoms with Crippen molar-refractivity contribution in [3.63, 3.8) is 0 Å². The first-order chi connectivity index (χ1) is 9.38. The van der Waals surface area contributed by atoms with Gasteiger partial charge in [0.1, 0.15) is 5.15 Å². The Kier molecular flexibility index (Phi) is 4.80. The summed E-state index contributed by atoms with van der Waals surface area (Å²) in [6.07, 6.45) is 1.50. The molecule has 0 aliphatic heterocycles. The molecule has 0 unspecified atom stereocenters. The lowest BCUT2D eigenvalue weighted by atomic mass is 10.2. The fourth-order valence-electron chi connectivity index (χ4n) is 1.48. The molecule has 4 nitrogen and oxygen atoms in total. The van der Waals surface area contributed by atoms with Gasteiger partial charge in [0.05, 0.1) is 11.5 Å². The Balaban J connectivity index is 2.17. The molecule has 0 spiro atoms. The van der Waals surface area contributed by atoms with Crippen molar-refractivity contribution in [2.75, 3.05) is 0 Å². The highest BCUT2D eigenvalue weighted by Gasteiger charge is 2.16. The van der Waals surface area contributed by atoms with E-state index >= 15 is 0 Å². The minimum Gasteiger partial charge on any atom is -0.262 e. The van der Waals surface area contributed by atoms with Gasteiger partial charge in [-0.2, -0.15) is 8.42 Å². The van der Waals surface area contributed by atoms with E-state index in [9.17, 15) is 8.42 Å². The van der Waals surface area contributed by atoms with Gasteiger partial charge in [0, 0.05) is 10.7 Å². The number of benzene rings is 1. The largest absolute Gasteiger partial charge is 0.297 e. The molecular formula is C13H11BrClNO3S. The lowest BCUT2D eigenvalue weighted by molar-refractivity contribution is 0.307. The molecule has 2 rings (SSSR count). The van der Waals surface area contributed by atoms with E-state index in [-0.39, 0.29) is 16.7 Å². The molecule has 0 atom stereocenters. The van der Waals surface area contributed by atoms with Crippen molar-refractivity contribution in [2.24, 2.45) is 0 Å². The Labute approximate surface area is 131 Å². The molecule has 0 fully saturated rings. The molecule has 0 aliphatic rings. The number of hydrogen-bond acceptors (Lipinski definition) is 4. The van der Waals surface area contributed by atoms with Gasteiger partial charge in [-0.3, -0.25) is 4.18 Å². The van der Waals surface area contributed by atoms with Crippen LogP contribution in [-0.4, -0.2) is 13.4 Å². The lowest BCUT2D eigenvalue weighted by Gasteiger charge is -2.07. The highest BCUT2D eigenvalue weighted by atomic mass is 79.9. The second kappa shape index (κ2) is 6.22. The maximum absolute atomic E-state index is 12.0. The zero-order chi connectivity index (χ0) is 14.8. The van der Waals surface area contributed by atoms with Gasteiger partial charge in [-0.25, -0.2) is 4.98 Å². The van der Waals surface area contributed by atoms with Crippen molar-refractivity contribution in [3.8, 4) is 0 Å². The first-order valence-electron chi connectivity index (χ1n) is 5.64. The highest BCUT2D eigenvalue weighted by Crippen LogP contribution is 2.22. The van der Waals surface area contributed by atoms with Crippen LogP contribution in [0.15, 0.2) is 45.9 Å². The lowest BCUT2D eigenvalue weighted by Crippen LogP contribution is -2.07. The smallest absolute Gasteiger partial charge is 0.262 e. The Morgan fingerprint density at radius 1 is 1.30 bits per heavy atom. The minimum absolute atomic E-state index is 0.112. The zero-order valence-electron chi connectivity index (χ0n) is 10.5. The molecule has 1 heterocycles. The van der Waals surface area contributed by atoms with E-state index in [4.69, 9.17) is 15.8 Å². The van der Waals surface area contributed by atoms with E-state index in [1.807, 2.05) is 6.92 Å². The van der Waals surface area contributed by atoms with E-state index < -0.39 is 10.1 Å². The molecule has 1 aromatic carbocycles. The van der Waals surface area contributed by atoms with Crippen LogP contribution in [0.2, 0.25) is 5.15 Å². The molecule has 106 valence electrons. The average Bonchev–Trinajstić information content (AvgIpc) is 2.40. The number of aryl methyl sites for hydroxylation is 1. The van der Waals surface area contributed by atoms with E-state index in [1.54, 1.807) is 18.2 Å². The number of hydrogen-bond donors (Lipinski definition) is 0. The summed E-state index contributed by atoms with van der Waals surface area (Å²) < 4.78 is 29.7. The molecule has 0 saturated carbocycles. The SMILES string of the molecule is Cc1ccc(S(=O)(=O)OCc2cc(Cl)ncc2Br)cc1. The van der Waals surface area contributed by atoms with E-state index in [1.165, 1.54) is 18.3 Å². The van der Waals surface area contributed by atoms with Crippen LogP contribution >= 0.6 is 27.5 Å². The number of rotatable bonds is 4. The predicted octanol–water partition coefficient (Wildman–Crippen LogP) is 3.71. The Bertz CT molecular complexity index is 717. The quantitative estimate of drug-likeness (QED) is 0.603. The Hall–Kier alpha value is -0.950. The molecule has 0 aliphatic carbocycles. The summed E-state index contributed by atoms with van der Waals surface area (Å²) >= 11 is 9.03. The monoisotopic (exact) mass is 375 g/mol. The Morgan fingerprint density at radius 2 is 1.95 bits per heavy atom. The van der Waals surface area contributed by atoms with Crippen molar-refractivity contribution < 1.29 is 12.6 Å². The van der Waals surface area contributed by atoms with Crippen molar-refractivity contribution in [1.29, 1.82) is 0 Å². The third-order valence-electron chi connectivity index (χ3n) is 2.58. The van der Waals surface area contributed by atoms with Crippen LogP contribution < -0.4 is 0 Å².